The molecule has 1 aliphatic heterocycles. The molecule has 0 aliphatic carbocycles. The molecule has 18 heavy (non-hydrogen) atoms. The summed E-state index contributed by atoms with van der Waals surface area (Å²) in [5.41, 5.74) is 7.57. The molecular weight excluding hydrogens is 224 g/mol. The first-order chi connectivity index (χ1) is 8.78. The van der Waals surface area contributed by atoms with Crippen molar-refractivity contribution in [2.24, 2.45) is 5.73 Å². The first-order valence-electron chi connectivity index (χ1n) is 6.82. The summed E-state index contributed by atoms with van der Waals surface area (Å²) < 4.78 is 5.44. The Kier molecular flexibility index (Phi) is 5.17. The van der Waals surface area contributed by atoms with Crippen LogP contribution in [0.3, 0.4) is 0 Å². The first-order valence-corrected chi connectivity index (χ1v) is 6.82. The van der Waals surface area contributed by atoms with Gasteiger partial charge in [0.2, 0.25) is 0 Å². The van der Waals surface area contributed by atoms with E-state index in [1.54, 1.807) is 7.11 Å². The van der Waals surface area contributed by atoms with Gasteiger partial charge in [-0.05, 0) is 31.4 Å². The molecule has 0 radical (unpaired) electrons. The van der Waals surface area contributed by atoms with Gasteiger partial charge in [-0.25, -0.2) is 0 Å². The van der Waals surface area contributed by atoms with Crippen LogP contribution in [-0.2, 0) is 11.2 Å². The van der Waals surface area contributed by atoms with Crippen LogP contribution < -0.4 is 5.73 Å². The molecule has 3 heteroatoms. The van der Waals surface area contributed by atoms with E-state index < -0.39 is 0 Å². The Morgan fingerprint density at radius 2 is 2.17 bits per heavy atom. The Labute approximate surface area is 110 Å². The summed E-state index contributed by atoms with van der Waals surface area (Å²) in [4.78, 5) is 2.44. The lowest BCUT2D eigenvalue weighted by Crippen LogP contribution is -2.45. The zero-order chi connectivity index (χ0) is 12.8. The van der Waals surface area contributed by atoms with Crippen LogP contribution in [0.1, 0.15) is 18.4 Å². The van der Waals surface area contributed by atoms with Crippen LogP contribution in [0.5, 0.6) is 0 Å². The van der Waals surface area contributed by atoms with Crippen molar-refractivity contribution in [2.75, 3.05) is 26.7 Å². The highest BCUT2D eigenvalue weighted by Crippen LogP contribution is 2.13. The third-order valence-electron chi connectivity index (χ3n) is 3.63. The van der Waals surface area contributed by atoms with E-state index in [-0.39, 0.29) is 6.04 Å². The number of rotatable bonds is 5. The molecule has 0 aromatic heterocycles. The topological polar surface area (TPSA) is 38.5 Å². The fraction of sp³-hybridized carbons (Fsp3) is 0.600. The van der Waals surface area contributed by atoms with Crippen LogP contribution in [0.2, 0.25) is 0 Å². The highest BCUT2D eigenvalue weighted by molar-refractivity contribution is 5.15. The number of likely N-dealkylation sites (tertiary alicyclic amines) is 1. The number of ether oxygens (including phenoxy) is 1. The van der Waals surface area contributed by atoms with Crippen LogP contribution in [0, 0.1) is 0 Å². The second-order valence-electron chi connectivity index (χ2n) is 5.21. The SMILES string of the molecule is COC1CCCN(CC(N)Cc2ccccc2)C1. The Morgan fingerprint density at radius 3 is 2.89 bits per heavy atom. The molecule has 3 nitrogen and oxygen atoms in total. The van der Waals surface area contributed by atoms with E-state index in [1.807, 2.05) is 6.07 Å². The van der Waals surface area contributed by atoms with Crippen LogP contribution in [-0.4, -0.2) is 43.8 Å². The molecule has 2 unspecified atom stereocenters. The lowest BCUT2D eigenvalue weighted by Gasteiger charge is -2.33. The normalized spacial score (nSPS) is 22.9. The maximum atomic E-state index is 6.24. The maximum absolute atomic E-state index is 6.24. The third kappa shape index (κ3) is 4.09. The van der Waals surface area contributed by atoms with Gasteiger partial charge in [-0.15, -0.1) is 0 Å². The van der Waals surface area contributed by atoms with Crippen molar-refractivity contribution >= 4 is 0 Å². The van der Waals surface area contributed by atoms with Crippen molar-refractivity contribution < 1.29 is 4.74 Å². The van der Waals surface area contributed by atoms with E-state index in [9.17, 15) is 0 Å². The Balaban J connectivity index is 1.78. The average Bonchev–Trinajstić information content (AvgIpc) is 2.40. The average molecular weight is 248 g/mol. The standard InChI is InChI=1S/C15H24N2O/c1-18-15-8-5-9-17(12-15)11-14(16)10-13-6-3-2-4-7-13/h2-4,6-7,14-15H,5,8-12,16H2,1H3. The number of piperidine rings is 1. The Bertz CT molecular complexity index is 342. The number of benzene rings is 1. The summed E-state index contributed by atoms with van der Waals surface area (Å²) >= 11 is 0. The molecular formula is C15H24N2O. The summed E-state index contributed by atoms with van der Waals surface area (Å²) in [6.45, 7) is 3.15. The quantitative estimate of drug-likeness (QED) is 0.861. The molecule has 2 N–H and O–H groups in total. The molecule has 0 bridgehead atoms. The molecule has 1 aliphatic rings. The molecule has 1 heterocycles. The minimum Gasteiger partial charge on any atom is -0.380 e. The predicted molar refractivity (Wildman–Crippen MR) is 74.6 cm³/mol. The minimum atomic E-state index is 0.211. The summed E-state index contributed by atoms with van der Waals surface area (Å²) in [5, 5.41) is 0. The summed E-state index contributed by atoms with van der Waals surface area (Å²) in [6.07, 6.45) is 3.75. The maximum Gasteiger partial charge on any atom is 0.0698 e. The molecule has 0 saturated carbocycles. The summed E-state index contributed by atoms with van der Waals surface area (Å²) in [7, 11) is 1.80. The number of nitrogens with zero attached hydrogens (tertiary/aromatic N) is 1. The van der Waals surface area contributed by atoms with Crippen LogP contribution >= 0.6 is 0 Å². The lowest BCUT2D eigenvalue weighted by molar-refractivity contribution is 0.0295. The lowest BCUT2D eigenvalue weighted by atomic mass is 10.0. The van der Waals surface area contributed by atoms with Crippen molar-refractivity contribution in [3.63, 3.8) is 0 Å². The van der Waals surface area contributed by atoms with Gasteiger partial charge in [0.15, 0.2) is 0 Å². The van der Waals surface area contributed by atoms with E-state index in [2.05, 4.69) is 29.2 Å². The van der Waals surface area contributed by atoms with Crippen molar-refractivity contribution in [1.29, 1.82) is 0 Å². The second-order valence-corrected chi connectivity index (χ2v) is 5.21. The highest BCUT2D eigenvalue weighted by Gasteiger charge is 2.20. The molecule has 100 valence electrons. The van der Waals surface area contributed by atoms with E-state index in [1.165, 1.54) is 18.4 Å². The Hall–Kier alpha value is -0.900. The molecule has 1 saturated heterocycles. The molecule has 2 rings (SSSR count). The molecule has 1 aromatic rings. The van der Waals surface area contributed by atoms with Gasteiger partial charge in [0.25, 0.3) is 0 Å². The first kappa shape index (κ1) is 13.5. The fourth-order valence-electron chi connectivity index (χ4n) is 2.68. The molecule has 0 amide bonds. The van der Waals surface area contributed by atoms with Gasteiger partial charge in [0.05, 0.1) is 6.10 Å². The summed E-state index contributed by atoms with van der Waals surface area (Å²) in [5.74, 6) is 0. The molecule has 0 spiro atoms. The highest BCUT2D eigenvalue weighted by atomic mass is 16.5. The molecule has 2 atom stereocenters. The van der Waals surface area contributed by atoms with Gasteiger partial charge in [-0.3, -0.25) is 4.90 Å². The summed E-state index contributed by atoms with van der Waals surface area (Å²) in [6, 6.07) is 10.7. The van der Waals surface area contributed by atoms with Crippen molar-refractivity contribution in [3.05, 3.63) is 35.9 Å². The number of nitrogens with two attached hydrogens (primary N) is 1. The zero-order valence-electron chi connectivity index (χ0n) is 11.2. The van der Waals surface area contributed by atoms with Crippen LogP contribution in [0.15, 0.2) is 30.3 Å². The zero-order valence-corrected chi connectivity index (χ0v) is 11.2. The third-order valence-corrected chi connectivity index (χ3v) is 3.63. The molecule has 1 fully saturated rings. The predicted octanol–water partition coefficient (Wildman–Crippen LogP) is 1.67. The van der Waals surface area contributed by atoms with E-state index in [4.69, 9.17) is 10.5 Å². The smallest absolute Gasteiger partial charge is 0.0698 e. The van der Waals surface area contributed by atoms with E-state index in [0.29, 0.717) is 6.10 Å². The fourth-order valence-corrected chi connectivity index (χ4v) is 2.68. The second kappa shape index (κ2) is 6.88. The van der Waals surface area contributed by atoms with Gasteiger partial charge in [0.1, 0.15) is 0 Å². The van der Waals surface area contributed by atoms with Crippen molar-refractivity contribution in [2.45, 2.75) is 31.4 Å². The van der Waals surface area contributed by atoms with Gasteiger partial charge in [-0.1, -0.05) is 30.3 Å². The van der Waals surface area contributed by atoms with Gasteiger partial charge >= 0.3 is 0 Å². The number of methoxy groups -OCH3 is 1. The molecule has 1 aromatic carbocycles. The van der Waals surface area contributed by atoms with Crippen LogP contribution in [0.4, 0.5) is 0 Å². The van der Waals surface area contributed by atoms with E-state index >= 15 is 0 Å². The number of hydrogen-bond acceptors (Lipinski definition) is 3. The van der Waals surface area contributed by atoms with Gasteiger partial charge in [-0.2, -0.15) is 0 Å². The van der Waals surface area contributed by atoms with Crippen molar-refractivity contribution in [1.82, 2.24) is 4.90 Å². The van der Waals surface area contributed by atoms with Gasteiger partial charge < -0.3 is 10.5 Å². The van der Waals surface area contributed by atoms with Crippen LogP contribution in [0.25, 0.3) is 0 Å². The largest absolute Gasteiger partial charge is 0.380 e. The van der Waals surface area contributed by atoms with Crippen molar-refractivity contribution in [3.8, 4) is 0 Å². The van der Waals surface area contributed by atoms with Gasteiger partial charge in [0, 0.05) is 26.2 Å². The van der Waals surface area contributed by atoms with E-state index in [0.717, 1.165) is 26.1 Å². The Morgan fingerprint density at radius 1 is 1.39 bits per heavy atom. The number of hydrogen-bond donors (Lipinski definition) is 1. The minimum absolute atomic E-state index is 0.211. The monoisotopic (exact) mass is 248 g/mol.